The van der Waals surface area contributed by atoms with E-state index in [1.807, 2.05) is 9.80 Å². The maximum absolute atomic E-state index is 12.5. The van der Waals surface area contributed by atoms with Gasteiger partial charge in [0.25, 0.3) is 0 Å². The molecular formula is C17H33N3O2. The summed E-state index contributed by atoms with van der Waals surface area (Å²) in [6, 6.07) is -0.00763. The number of rotatable bonds is 4. The predicted octanol–water partition coefficient (Wildman–Crippen LogP) is 2.71. The van der Waals surface area contributed by atoms with Gasteiger partial charge in [-0.05, 0) is 24.7 Å². The molecule has 3 amide bonds. The number of hydrogen-bond acceptors (Lipinski definition) is 2. The smallest absolute Gasteiger partial charge is 0.317 e. The summed E-state index contributed by atoms with van der Waals surface area (Å²) in [6.07, 6.45) is 2.64. The van der Waals surface area contributed by atoms with Gasteiger partial charge in [0.1, 0.15) is 0 Å². The Morgan fingerprint density at radius 3 is 2.09 bits per heavy atom. The van der Waals surface area contributed by atoms with Crippen LogP contribution in [0.5, 0.6) is 0 Å². The molecule has 1 heterocycles. The molecule has 0 unspecified atom stereocenters. The summed E-state index contributed by atoms with van der Waals surface area (Å²) in [5.74, 6) is 0.378. The Morgan fingerprint density at radius 1 is 1.00 bits per heavy atom. The molecule has 0 aromatic carbocycles. The SMILES string of the molecule is CCC(CC)C(=O)N1CCCN(C(=O)NCC(C)(C)C)CC1. The molecule has 0 radical (unpaired) electrons. The van der Waals surface area contributed by atoms with Gasteiger partial charge in [0.2, 0.25) is 5.91 Å². The number of nitrogens with zero attached hydrogens (tertiary/aromatic N) is 2. The minimum absolute atomic E-state index is 0.00763. The Morgan fingerprint density at radius 2 is 1.55 bits per heavy atom. The molecule has 22 heavy (non-hydrogen) atoms. The van der Waals surface area contributed by atoms with E-state index in [0.717, 1.165) is 32.4 Å². The lowest BCUT2D eigenvalue weighted by molar-refractivity contribution is -0.135. The fourth-order valence-electron chi connectivity index (χ4n) is 2.69. The lowest BCUT2D eigenvalue weighted by atomic mass is 9.97. The molecule has 0 bridgehead atoms. The molecule has 5 nitrogen and oxygen atoms in total. The zero-order chi connectivity index (χ0) is 16.8. The minimum atomic E-state index is -0.00763. The maximum atomic E-state index is 12.5. The fraction of sp³-hybridized carbons (Fsp3) is 0.882. The van der Waals surface area contributed by atoms with E-state index >= 15 is 0 Å². The van der Waals surface area contributed by atoms with Crippen LogP contribution in [0.3, 0.4) is 0 Å². The van der Waals surface area contributed by atoms with Crippen LogP contribution in [0, 0.1) is 11.3 Å². The second kappa shape index (κ2) is 8.39. The normalized spacial score (nSPS) is 16.6. The van der Waals surface area contributed by atoms with Gasteiger partial charge in [0.05, 0.1) is 0 Å². The number of nitrogens with one attached hydrogen (secondary N) is 1. The van der Waals surface area contributed by atoms with Crippen LogP contribution in [-0.2, 0) is 4.79 Å². The molecule has 0 aromatic rings. The summed E-state index contributed by atoms with van der Waals surface area (Å²) in [5, 5.41) is 2.99. The number of carbonyl (C=O) groups is 2. The highest BCUT2D eigenvalue weighted by atomic mass is 16.2. The zero-order valence-electron chi connectivity index (χ0n) is 14.9. The minimum Gasteiger partial charge on any atom is -0.341 e. The molecule has 0 saturated carbocycles. The molecule has 1 rings (SSSR count). The summed E-state index contributed by atoms with van der Waals surface area (Å²) >= 11 is 0. The molecule has 0 aromatic heterocycles. The number of carbonyl (C=O) groups excluding carboxylic acids is 2. The highest BCUT2D eigenvalue weighted by molar-refractivity contribution is 5.79. The molecule has 1 N–H and O–H groups in total. The van der Waals surface area contributed by atoms with Gasteiger partial charge in [-0.1, -0.05) is 34.6 Å². The molecule has 0 atom stereocenters. The number of hydrogen-bond donors (Lipinski definition) is 1. The first-order valence-electron chi connectivity index (χ1n) is 8.60. The number of urea groups is 1. The maximum Gasteiger partial charge on any atom is 0.317 e. The Labute approximate surface area is 135 Å². The van der Waals surface area contributed by atoms with Crippen molar-refractivity contribution < 1.29 is 9.59 Å². The first-order chi connectivity index (χ1) is 10.3. The van der Waals surface area contributed by atoms with Crippen LogP contribution in [0.4, 0.5) is 4.79 Å². The van der Waals surface area contributed by atoms with Gasteiger partial charge in [-0.15, -0.1) is 0 Å². The van der Waals surface area contributed by atoms with E-state index in [1.165, 1.54) is 0 Å². The second-order valence-electron chi connectivity index (χ2n) is 7.40. The van der Waals surface area contributed by atoms with Crippen LogP contribution in [0.15, 0.2) is 0 Å². The van der Waals surface area contributed by atoms with Crippen molar-refractivity contribution in [2.24, 2.45) is 11.3 Å². The summed E-state index contributed by atoms with van der Waals surface area (Å²) < 4.78 is 0. The van der Waals surface area contributed by atoms with Gasteiger partial charge in [0, 0.05) is 38.6 Å². The van der Waals surface area contributed by atoms with E-state index in [1.54, 1.807) is 0 Å². The summed E-state index contributed by atoms with van der Waals surface area (Å²) in [4.78, 5) is 28.5. The Hall–Kier alpha value is -1.26. The monoisotopic (exact) mass is 311 g/mol. The van der Waals surface area contributed by atoms with Crippen molar-refractivity contribution in [2.45, 2.75) is 53.9 Å². The third kappa shape index (κ3) is 5.85. The van der Waals surface area contributed by atoms with Crippen molar-refractivity contribution >= 4 is 11.9 Å². The zero-order valence-corrected chi connectivity index (χ0v) is 14.9. The molecule has 1 aliphatic heterocycles. The van der Waals surface area contributed by atoms with Gasteiger partial charge in [0.15, 0.2) is 0 Å². The van der Waals surface area contributed by atoms with Gasteiger partial charge < -0.3 is 15.1 Å². The van der Waals surface area contributed by atoms with Crippen LogP contribution >= 0.6 is 0 Å². The molecule has 5 heteroatoms. The molecule has 1 fully saturated rings. The van der Waals surface area contributed by atoms with Gasteiger partial charge in [-0.3, -0.25) is 4.79 Å². The van der Waals surface area contributed by atoms with Crippen molar-refractivity contribution in [1.82, 2.24) is 15.1 Å². The summed E-state index contributed by atoms with van der Waals surface area (Å²) in [7, 11) is 0. The Bertz CT molecular complexity index is 373. The van der Waals surface area contributed by atoms with Crippen LogP contribution in [0.25, 0.3) is 0 Å². The lowest BCUT2D eigenvalue weighted by Gasteiger charge is -2.26. The molecule has 1 saturated heterocycles. The summed E-state index contributed by atoms with van der Waals surface area (Å²) in [6.45, 7) is 13.9. The van der Waals surface area contributed by atoms with Crippen molar-refractivity contribution in [3.8, 4) is 0 Å². The predicted molar refractivity (Wildman–Crippen MR) is 89.7 cm³/mol. The Balaban J connectivity index is 2.51. The van der Waals surface area contributed by atoms with E-state index in [2.05, 4.69) is 39.9 Å². The van der Waals surface area contributed by atoms with Crippen LogP contribution in [0.1, 0.15) is 53.9 Å². The standard InChI is InChI=1S/C17H33N3O2/c1-6-14(7-2)15(21)19-9-8-10-20(12-11-19)16(22)18-13-17(3,4)5/h14H,6-13H2,1-5H3,(H,18,22). The largest absolute Gasteiger partial charge is 0.341 e. The van der Waals surface area contributed by atoms with Gasteiger partial charge in [-0.2, -0.15) is 0 Å². The summed E-state index contributed by atoms with van der Waals surface area (Å²) in [5.41, 5.74) is 0.0823. The molecule has 0 aliphatic carbocycles. The molecular weight excluding hydrogens is 278 g/mol. The van der Waals surface area contributed by atoms with Gasteiger partial charge in [-0.25, -0.2) is 4.79 Å². The molecule has 1 aliphatic rings. The van der Waals surface area contributed by atoms with Crippen molar-refractivity contribution in [2.75, 3.05) is 32.7 Å². The van der Waals surface area contributed by atoms with Crippen molar-refractivity contribution in [3.05, 3.63) is 0 Å². The average molecular weight is 311 g/mol. The van der Waals surface area contributed by atoms with Crippen molar-refractivity contribution in [1.29, 1.82) is 0 Å². The molecule has 0 spiro atoms. The third-order valence-electron chi connectivity index (χ3n) is 4.20. The van der Waals surface area contributed by atoms with E-state index in [-0.39, 0.29) is 23.3 Å². The van der Waals surface area contributed by atoms with Crippen LogP contribution < -0.4 is 5.32 Å². The van der Waals surface area contributed by atoms with Crippen molar-refractivity contribution in [3.63, 3.8) is 0 Å². The van der Waals surface area contributed by atoms with Crippen LogP contribution in [-0.4, -0.2) is 54.5 Å². The topological polar surface area (TPSA) is 52.7 Å². The molecule has 128 valence electrons. The lowest BCUT2D eigenvalue weighted by Crippen LogP contribution is -2.45. The van der Waals surface area contributed by atoms with Crippen LogP contribution in [0.2, 0.25) is 0 Å². The quantitative estimate of drug-likeness (QED) is 0.868. The number of amides is 3. The Kier molecular flexibility index (Phi) is 7.17. The van der Waals surface area contributed by atoms with E-state index in [4.69, 9.17) is 0 Å². The first-order valence-corrected chi connectivity index (χ1v) is 8.60. The van der Waals surface area contributed by atoms with E-state index < -0.39 is 0 Å². The van der Waals surface area contributed by atoms with Gasteiger partial charge >= 0.3 is 6.03 Å². The fourth-order valence-corrected chi connectivity index (χ4v) is 2.69. The highest BCUT2D eigenvalue weighted by Crippen LogP contribution is 2.15. The highest BCUT2D eigenvalue weighted by Gasteiger charge is 2.25. The van der Waals surface area contributed by atoms with E-state index in [0.29, 0.717) is 19.6 Å². The third-order valence-corrected chi connectivity index (χ3v) is 4.20. The average Bonchev–Trinajstić information content (AvgIpc) is 2.71. The van der Waals surface area contributed by atoms with E-state index in [9.17, 15) is 9.59 Å². The first kappa shape index (κ1) is 18.8. The second-order valence-corrected chi connectivity index (χ2v) is 7.40.